The van der Waals surface area contributed by atoms with Crippen LogP contribution >= 0.6 is 0 Å². The van der Waals surface area contributed by atoms with Crippen LogP contribution in [-0.2, 0) is 14.3 Å². The minimum Gasteiger partial charge on any atom is -0.501 e. The van der Waals surface area contributed by atoms with Gasteiger partial charge >= 0.3 is 5.97 Å². The zero-order chi connectivity index (χ0) is 7.56. The number of carbonyl (C=O) groups is 1. The fourth-order valence-corrected chi connectivity index (χ4v) is 0.890. The van der Waals surface area contributed by atoms with Gasteiger partial charge in [-0.05, 0) is 6.92 Å². The average Bonchev–Trinajstić information content (AvgIpc) is 1.85. The Morgan fingerprint density at radius 2 is 2.50 bits per heavy atom. The van der Waals surface area contributed by atoms with E-state index in [2.05, 4.69) is 0 Å². The predicted octanol–water partition coefficient (Wildman–Crippen LogP) is 0.852. The van der Waals surface area contributed by atoms with E-state index < -0.39 is 0 Å². The molecule has 1 rings (SSSR count). The number of hydrogen-bond donors (Lipinski definition) is 0. The highest BCUT2D eigenvalue weighted by atomic mass is 16.5. The number of cyclic esters (lactones) is 1. The third-order valence-electron chi connectivity index (χ3n) is 1.35. The zero-order valence-electron chi connectivity index (χ0n) is 6.09. The van der Waals surface area contributed by atoms with Gasteiger partial charge in [0.25, 0.3) is 0 Å². The third kappa shape index (κ3) is 1.50. The predicted molar refractivity (Wildman–Crippen MR) is 35.3 cm³/mol. The molecular formula is C7H10O3. The largest absolute Gasteiger partial charge is 0.501 e. The number of carbonyl (C=O) groups excluding carboxylic acids is 1. The minimum atomic E-state index is -0.310. The van der Waals surface area contributed by atoms with Gasteiger partial charge < -0.3 is 9.47 Å². The molecule has 0 radical (unpaired) electrons. The van der Waals surface area contributed by atoms with Crippen LogP contribution in [0.1, 0.15) is 13.3 Å². The molecule has 0 saturated carbocycles. The quantitative estimate of drug-likeness (QED) is 0.509. The Bertz CT molecular complexity index is 172. The van der Waals surface area contributed by atoms with Crippen molar-refractivity contribution in [3.63, 3.8) is 0 Å². The van der Waals surface area contributed by atoms with Crippen LogP contribution < -0.4 is 0 Å². The zero-order valence-corrected chi connectivity index (χ0v) is 6.09. The molecule has 0 N–H and O–H groups in total. The van der Waals surface area contributed by atoms with E-state index in [9.17, 15) is 4.79 Å². The van der Waals surface area contributed by atoms with Crippen molar-refractivity contribution in [3.8, 4) is 0 Å². The highest BCUT2D eigenvalue weighted by Crippen LogP contribution is 2.14. The number of methoxy groups -OCH3 is 1. The van der Waals surface area contributed by atoms with Crippen molar-refractivity contribution in [2.45, 2.75) is 19.4 Å². The summed E-state index contributed by atoms with van der Waals surface area (Å²) in [6.07, 6.45) is 2.01. The van der Waals surface area contributed by atoms with Crippen molar-refractivity contribution in [1.29, 1.82) is 0 Å². The number of esters is 1. The second-order valence-corrected chi connectivity index (χ2v) is 2.27. The smallest absolute Gasteiger partial charge is 0.334 e. The first-order valence-corrected chi connectivity index (χ1v) is 3.17. The van der Waals surface area contributed by atoms with E-state index in [-0.39, 0.29) is 12.1 Å². The molecule has 1 heterocycles. The Kier molecular flexibility index (Phi) is 1.94. The molecule has 0 aliphatic carbocycles. The van der Waals surface area contributed by atoms with Gasteiger partial charge in [0, 0.05) is 6.42 Å². The molecule has 0 fully saturated rings. The maximum absolute atomic E-state index is 10.7. The fourth-order valence-electron chi connectivity index (χ4n) is 0.890. The van der Waals surface area contributed by atoms with Crippen molar-refractivity contribution in [2.75, 3.05) is 7.11 Å². The molecule has 10 heavy (non-hydrogen) atoms. The van der Waals surface area contributed by atoms with Gasteiger partial charge in [0.15, 0.2) is 0 Å². The molecule has 0 amide bonds. The molecular weight excluding hydrogens is 132 g/mol. The first-order valence-electron chi connectivity index (χ1n) is 3.17. The maximum Gasteiger partial charge on any atom is 0.334 e. The number of rotatable bonds is 1. The summed E-state index contributed by atoms with van der Waals surface area (Å²) in [5.74, 6) is 0.388. The molecule has 0 saturated heterocycles. The van der Waals surface area contributed by atoms with Gasteiger partial charge in [0.2, 0.25) is 0 Å². The van der Waals surface area contributed by atoms with Crippen LogP contribution in [0.25, 0.3) is 0 Å². The molecule has 0 aromatic heterocycles. The lowest BCUT2D eigenvalue weighted by atomic mass is 10.2. The van der Waals surface area contributed by atoms with E-state index in [0.29, 0.717) is 12.2 Å². The van der Waals surface area contributed by atoms with Gasteiger partial charge in [0.1, 0.15) is 11.9 Å². The van der Waals surface area contributed by atoms with Crippen molar-refractivity contribution in [3.05, 3.63) is 11.8 Å². The van der Waals surface area contributed by atoms with Crippen molar-refractivity contribution in [1.82, 2.24) is 0 Å². The van der Waals surface area contributed by atoms with E-state index in [4.69, 9.17) is 9.47 Å². The maximum atomic E-state index is 10.7. The second kappa shape index (κ2) is 2.73. The highest BCUT2D eigenvalue weighted by Gasteiger charge is 2.17. The summed E-state index contributed by atoms with van der Waals surface area (Å²) in [7, 11) is 1.55. The Morgan fingerprint density at radius 1 is 1.80 bits per heavy atom. The molecule has 1 atom stereocenters. The summed E-state index contributed by atoms with van der Waals surface area (Å²) >= 11 is 0. The minimum absolute atomic E-state index is 0.0487. The summed E-state index contributed by atoms with van der Waals surface area (Å²) in [6, 6.07) is 0. The van der Waals surface area contributed by atoms with Gasteiger partial charge in [-0.25, -0.2) is 4.79 Å². The first-order chi connectivity index (χ1) is 4.72. The Morgan fingerprint density at radius 3 is 3.00 bits per heavy atom. The molecule has 3 nitrogen and oxygen atoms in total. The van der Waals surface area contributed by atoms with E-state index in [1.807, 2.05) is 6.92 Å². The number of ether oxygens (including phenoxy) is 2. The van der Waals surface area contributed by atoms with Crippen LogP contribution in [0.15, 0.2) is 11.8 Å². The van der Waals surface area contributed by atoms with Crippen LogP contribution in [0.2, 0.25) is 0 Å². The Hall–Kier alpha value is -0.990. The van der Waals surface area contributed by atoms with Crippen LogP contribution in [-0.4, -0.2) is 19.2 Å². The van der Waals surface area contributed by atoms with Crippen LogP contribution in [0, 0.1) is 0 Å². The highest BCUT2D eigenvalue weighted by molar-refractivity contribution is 5.83. The summed E-state index contributed by atoms with van der Waals surface area (Å²) < 4.78 is 9.72. The average molecular weight is 142 g/mol. The molecule has 1 aliphatic rings. The lowest BCUT2D eigenvalue weighted by Crippen LogP contribution is -2.19. The van der Waals surface area contributed by atoms with Crippen LogP contribution in [0.3, 0.4) is 0 Å². The van der Waals surface area contributed by atoms with E-state index in [1.165, 1.54) is 6.08 Å². The van der Waals surface area contributed by atoms with Crippen molar-refractivity contribution in [2.24, 2.45) is 0 Å². The first kappa shape index (κ1) is 7.12. The van der Waals surface area contributed by atoms with Crippen LogP contribution in [0.4, 0.5) is 0 Å². The molecule has 0 aromatic rings. The van der Waals surface area contributed by atoms with Gasteiger partial charge in [-0.1, -0.05) is 0 Å². The monoisotopic (exact) mass is 142 g/mol. The number of hydrogen-bond acceptors (Lipinski definition) is 3. The second-order valence-electron chi connectivity index (χ2n) is 2.27. The van der Waals surface area contributed by atoms with Gasteiger partial charge in [-0.15, -0.1) is 0 Å². The van der Waals surface area contributed by atoms with Crippen molar-refractivity contribution < 1.29 is 14.3 Å². The fraction of sp³-hybridized carbons (Fsp3) is 0.571. The lowest BCUT2D eigenvalue weighted by molar-refractivity contribution is -0.144. The molecule has 3 heteroatoms. The molecule has 1 aliphatic heterocycles. The molecule has 56 valence electrons. The van der Waals surface area contributed by atoms with E-state index in [0.717, 1.165) is 0 Å². The molecule has 0 aromatic carbocycles. The van der Waals surface area contributed by atoms with Gasteiger partial charge in [-0.2, -0.15) is 0 Å². The molecule has 0 bridgehead atoms. The lowest BCUT2D eigenvalue weighted by Gasteiger charge is -2.17. The topological polar surface area (TPSA) is 35.5 Å². The Labute approximate surface area is 59.6 Å². The summed E-state index contributed by atoms with van der Waals surface area (Å²) in [5, 5.41) is 0. The van der Waals surface area contributed by atoms with E-state index in [1.54, 1.807) is 7.11 Å². The third-order valence-corrected chi connectivity index (χ3v) is 1.35. The SMILES string of the molecule is COC1=CC(=O)O[C@@H](C)C1. The molecule has 0 unspecified atom stereocenters. The van der Waals surface area contributed by atoms with Gasteiger partial charge in [0.05, 0.1) is 13.2 Å². The summed E-state index contributed by atoms with van der Waals surface area (Å²) in [5.41, 5.74) is 0. The van der Waals surface area contributed by atoms with Gasteiger partial charge in [-0.3, -0.25) is 0 Å². The normalized spacial score (nSPS) is 25.2. The summed E-state index contributed by atoms with van der Waals surface area (Å²) in [6.45, 7) is 1.84. The molecule has 0 spiro atoms. The Balaban J connectivity index is 2.65. The van der Waals surface area contributed by atoms with Crippen molar-refractivity contribution >= 4 is 5.97 Å². The van der Waals surface area contributed by atoms with E-state index >= 15 is 0 Å². The van der Waals surface area contributed by atoms with Crippen LogP contribution in [0.5, 0.6) is 0 Å². The standard InChI is InChI=1S/C7H10O3/c1-5-3-6(9-2)4-7(8)10-5/h4-5H,3H2,1-2H3/t5-/m0/s1. The summed E-state index contributed by atoms with van der Waals surface area (Å²) in [4.78, 5) is 10.7.